The topological polar surface area (TPSA) is 0 Å². The summed E-state index contributed by atoms with van der Waals surface area (Å²) >= 11 is 0. The predicted molar refractivity (Wildman–Crippen MR) is 38.6 cm³/mol. The molecule has 0 aromatic heterocycles. The largest absolute Gasteiger partial charge is 0.264 e. The van der Waals surface area contributed by atoms with Crippen LogP contribution in [0.25, 0.3) is 0 Å². The predicted octanol–water partition coefficient (Wildman–Crippen LogP) is 2.85. The molecule has 0 aliphatic heterocycles. The summed E-state index contributed by atoms with van der Waals surface area (Å²) in [5, 5.41) is 0. The average Bonchev–Trinajstić information content (AvgIpc) is 1.84. The summed E-state index contributed by atoms with van der Waals surface area (Å²) in [6, 6.07) is 0. The molecule has 0 aromatic rings. The highest BCUT2D eigenvalue weighted by Crippen LogP contribution is 2.35. The Labute approximate surface area is 56.1 Å². The average molecular weight is 152 g/mol. The zero-order valence-corrected chi connectivity index (χ0v) is 6.62. The minimum absolute atomic E-state index is 0.113. The number of rotatable bonds is 3. The van der Waals surface area contributed by atoms with Crippen LogP contribution in [-0.2, 0) is 0 Å². The third-order valence-electron chi connectivity index (χ3n) is 0.976. The molecule has 0 radical (unpaired) electrons. The molecule has 9 heavy (non-hydrogen) atoms. The molecule has 0 bridgehead atoms. The van der Waals surface area contributed by atoms with E-state index in [4.69, 9.17) is 0 Å². The molecule has 0 aliphatic rings. The van der Waals surface area contributed by atoms with Crippen LogP contribution in [0.5, 0.6) is 0 Å². The number of alkyl halides is 2. The summed E-state index contributed by atoms with van der Waals surface area (Å²) in [7, 11) is -0.290. The lowest BCUT2D eigenvalue weighted by Gasteiger charge is -2.09. The first-order valence-corrected chi connectivity index (χ1v) is 4.30. The molecule has 0 saturated carbocycles. The maximum absolute atomic E-state index is 12.3. The van der Waals surface area contributed by atoms with E-state index in [9.17, 15) is 8.78 Å². The minimum Gasteiger partial charge on any atom is -0.202 e. The van der Waals surface area contributed by atoms with Gasteiger partial charge in [-0.2, -0.15) is 0 Å². The first kappa shape index (κ1) is 9.03. The Kier molecular flexibility index (Phi) is 3.96. The van der Waals surface area contributed by atoms with E-state index in [1.165, 1.54) is 12.7 Å². The Morgan fingerprint density at radius 1 is 1.56 bits per heavy atom. The van der Waals surface area contributed by atoms with Crippen molar-refractivity contribution in [1.82, 2.24) is 0 Å². The highest BCUT2D eigenvalue weighted by molar-refractivity contribution is 7.38. The molecule has 0 heterocycles. The molecule has 1 atom stereocenters. The molecule has 0 saturated heterocycles. The van der Waals surface area contributed by atoms with Gasteiger partial charge in [0.15, 0.2) is 0 Å². The molecule has 0 fully saturated rings. The standard InChI is InChI=1S/C6H11F2P/c1-3-4-5-6(7,8)9-2/h3-4,9H,5H2,1-2H3/b4-3-. The van der Waals surface area contributed by atoms with Crippen molar-refractivity contribution in [2.75, 3.05) is 6.66 Å². The van der Waals surface area contributed by atoms with Crippen molar-refractivity contribution in [3.8, 4) is 0 Å². The van der Waals surface area contributed by atoms with Crippen LogP contribution in [0.2, 0.25) is 0 Å². The summed E-state index contributed by atoms with van der Waals surface area (Å²) < 4.78 is 24.6. The summed E-state index contributed by atoms with van der Waals surface area (Å²) in [6.45, 7) is 3.26. The van der Waals surface area contributed by atoms with Crippen molar-refractivity contribution in [2.45, 2.75) is 19.0 Å². The van der Waals surface area contributed by atoms with Crippen LogP contribution in [-0.4, -0.2) is 12.3 Å². The fourth-order valence-corrected chi connectivity index (χ4v) is 0.690. The van der Waals surface area contributed by atoms with Gasteiger partial charge in [-0.1, -0.05) is 12.2 Å². The van der Waals surface area contributed by atoms with Gasteiger partial charge in [0.25, 0.3) is 5.66 Å². The molecule has 54 valence electrons. The van der Waals surface area contributed by atoms with Gasteiger partial charge < -0.3 is 0 Å². The zero-order chi connectivity index (χ0) is 7.33. The number of hydrogen-bond donors (Lipinski definition) is 0. The van der Waals surface area contributed by atoms with E-state index < -0.39 is 5.66 Å². The zero-order valence-electron chi connectivity index (χ0n) is 5.62. The van der Waals surface area contributed by atoms with Crippen LogP contribution in [0.3, 0.4) is 0 Å². The molecule has 0 aromatic carbocycles. The monoisotopic (exact) mass is 152 g/mol. The van der Waals surface area contributed by atoms with E-state index >= 15 is 0 Å². The van der Waals surface area contributed by atoms with Crippen LogP contribution >= 0.6 is 8.58 Å². The molecular weight excluding hydrogens is 141 g/mol. The van der Waals surface area contributed by atoms with Crippen LogP contribution < -0.4 is 0 Å². The maximum atomic E-state index is 12.3. The second kappa shape index (κ2) is 3.94. The van der Waals surface area contributed by atoms with Crippen molar-refractivity contribution < 1.29 is 8.78 Å². The Hall–Kier alpha value is 0.0300. The van der Waals surface area contributed by atoms with E-state index in [1.807, 2.05) is 0 Å². The molecule has 0 spiro atoms. The van der Waals surface area contributed by atoms with Gasteiger partial charge in [0.1, 0.15) is 0 Å². The second-order valence-corrected chi connectivity index (χ2v) is 2.96. The fraction of sp³-hybridized carbons (Fsp3) is 0.667. The molecule has 0 N–H and O–H groups in total. The molecule has 3 heteroatoms. The highest BCUT2D eigenvalue weighted by Gasteiger charge is 2.23. The summed E-state index contributed by atoms with van der Waals surface area (Å²) in [6.07, 6.45) is 3.03. The quantitative estimate of drug-likeness (QED) is 0.431. The van der Waals surface area contributed by atoms with Crippen LogP contribution in [0.1, 0.15) is 13.3 Å². The van der Waals surface area contributed by atoms with Crippen LogP contribution in [0.4, 0.5) is 8.78 Å². The highest BCUT2D eigenvalue weighted by atomic mass is 31.1. The summed E-state index contributed by atoms with van der Waals surface area (Å²) in [5.74, 6) is 0. The van der Waals surface area contributed by atoms with E-state index in [0.29, 0.717) is 0 Å². The van der Waals surface area contributed by atoms with Crippen molar-refractivity contribution in [3.63, 3.8) is 0 Å². The number of halogens is 2. The normalized spacial score (nSPS) is 14.2. The van der Waals surface area contributed by atoms with Gasteiger partial charge in [0.2, 0.25) is 0 Å². The minimum atomic E-state index is -2.47. The number of hydrogen-bond acceptors (Lipinski definition) is 0. The van der Waals surface area contributed by atoms with Crippen molar-refractivity contribution >= 4 is 8.58 Å². The molecule has 0 amide bonds. The van der Waals surface area contributed by atoms with Gasteiger partial charge in [-0.15, -0.1) is 0 Å². The fourth-order valence-electron chi connectivity index (χ4n) is 0.368. The van der Waals surface area contributed by atoms with E-state index in [0.717, 1.165) is 0 Å². The van der Waals surface area contributed by atoms with E-state index in [-0.39, 0.29) is 15.0 Å². The van der Waals surface area contributed by atoms with Crippen LogP contribution in [0.15, 0.2) is 12.2 Å². The van der Waals surface area contributed by atoms with Gasteiger partial charge in [-0.25, -0.2) is 8.78 Å². The van der Waals surface area contributed by atoms with Gasteiger partial charge in [-0.3, -0.25) is 0 Å². The first-order chi connectivity index (χ1) is 4.12. The Balaban J connectivity index is 3.58. The first-order valence-electron chi connectivity index (χ1n) is 2.80. The summed E-state index contributed by atoms with van der Waals surface area (Å²) in [5.41, 5.74) is -2.47. The van der Waals surface area contributed by atoms with Gasteiger partial charge in [0.05, 0.1) is 0 Å². The van der Waals surface area contributed by atoms with Crippen molar-refractivity contribution in [3.05, 3.63) is 12.2 Å². The Morgan fingerprint density at radius 2 is 2.11 bits per heavy atom. The third-order valence-corrected chi connectivity index (χ3v) is 1.91. The van der Waals surface area contributed by atoms with Gasteiger partial charge in [0, 0.05) is 6.42 Å². The van der Waals surface area contributed by atoms with Crippen molar-refractivity contribution in [1.29, 1.82) is 0 Å². The Morgan fingerprint density at radius 3 is 2.44 bits per heavy atom. The third kappa shape index (κ3) is 4.53. The van der Waals surface area contributed by atoms with Crippen LogP contribution in [0, 0.1) is 0 Å². The molecule has 0 nitrogen and oxygen atoms in total. The molecule has 0 rings (SSSR count). The molecule has 1 unspecified atom stereocenters. The van der Waals surface area contributed by atoms with E-state index in [1.54, 1.807) is 13.0 Å². The van der Waals surface area contributed by atoms with Gasteiger partial charge in [-0.05, 0) is 22.2 Å². The lowest BCUT2D eigenvalue weighted by atomic mass is 10.4. The lowest BCUT2D eigenvalue weighted by molar-refractivity contribution is 0.106. The van der Waals surface area contributed by atoms with Gasteiger partial charge >= 0.3 is 0 Å². The number of allylic oxidation sites excluding steroid dienone is 2. The Bertz CT molecular complexity index is 99.2. The molecule has 0 aliphatic carbocycles. The smallest absolute Gasteiger partial charge is 0.202 e. The van der Waals surface area contributed by atoms with Crippen molar-refractivity contribution in [2.24, 2.45) is 0 Å². The maximum Gasteiger partial charge on any atom is 0.264 e. The summed E-state index contributed by atoms with van der Waals surface area (Å²) in [4.78, 5) is 0. The SMILES string of the molecule is C/C=C\CC(F)(F)PC. The van der Waals surface area contributed by atoms with E-state index in [2.05, 4.69) is 0 Å². The lowest BCUT2D eigenvalue weighted by Crippen LogP contribution is -2.04. The molecular formula is C6H11F2P. The second-order valence-electron chi connectivity index (χ2n) is 1.73.